The van der Waals surface area contributed by atoms with Gasteiger partial charge in [0.05, 0.1) is 5.69 Å². The van der Waals surface area contributed by atoms with Crippen LogP contribution in [0.5, 0.6) is 0 Å². The third kappa shape index (κ3) is 2.42. The maximum atomic E-state index is 9.12. The molecule has 0 atom stereocenters. The van der Waals surface area contributed by atoms with E-state index in [-0.39, 0.29) is 0 Å². The summed E-state index contributed by atoms with van der Waals surface area (Å²) in [6, 6.07) is 2.97. The van der Waals surface area contributed by atoms with Crippen LogP contribution in [0.4, 0.5) is 5.82 Å². The fourth-order valence-electron chi connectivity index (χ4n) is 2.41. The summed E-state index contributed by atoms with van der Waals surface area (Å²) in [6.07, 6.45) is 4.24. The molecule has 5 heteroatoms. The van der Waals surface area contributed by atoms with Gasteiger partial charge < -0.3 is 11.1 Å². The summed E-state index contributed by atoms with van der Waals surface area (Å²) in [5.41, 5.74) is 7.32. The fourth-order valence-corrected chi connectivity index (χ4v) is 2.41. The van der Waals surface area contributed by atoms with Crippen LogP contribution in [-0.2, 0) is 7.05 Å². The van der Waals surface area contributed by atoms with E-state index >= 15 is 0 Å². The van der Waals surface area contributed by atoms with Crippen molar-refractivity contribution >= 4 is 5.82 Å². The highest BCUT2D eigenvalue weighted by atomic mass is 15.3. The summed E-state index contributed by atoms with van der Waals surface area (Å²) in [5, 5.41) is 16.8. The molecule has 5 nitrogen and oxygen atoms in total. The quantitative estimate of drug-likeness (QED) is 0.806. The van der Waals surface area contributed by atoms with Crippen molar-refractivity contribution in [1.29, 1.82) is 5.26 Å². The van der Waals surface area contributed by atoms with Gasteiger partial charge in [-0.1, -0.05) is 0 Å². The van der Waals surface area contributed by atoms with Crippen molar-refractivity contribution in [2.24, 2.45) is 12.8 Å². The summed E-state index contributed by atoms with van der Waals surface area (Å²) in [4.78, 5) is 0. The number of nitrogens with one attached hydrogen (secondary N) is 1. The Morgan fingerprint density at radius 3 is 2.65 bits per heavy atom. The molecule has 1 aromatic rings. The van der Waals surface area contributed by atoms with Crippen molar-refractivity contribution in [3.05, 3.63) is 11.3 Å². The standard InChI is InChI=1S/C12H19N5/c1-8-11(7-13)12(17(2)16-8)15-10-5-3-9(14)4-6-10/h9-10,15H,3-6,14H2,1-2H3. The van der Waals surface area contributed by atoms with Crippen LogP contribution in [0.15, 0.2) is 0 Å². The van der Waals surface area contributed by atoms with Gasteiger partial charge in [-0.15, -0.1) is 0 Å². The molecule has 0 aliphatic heterocycles. The topological polar surface area (TPSA) is 79.7 Å². The molecule has 2 rings (SSSR count). The molecule has 1 aliphatic rings. The second-order valence-electron chi connectivity index (χ2n) is 4.80. The lowest BCUT2D eigenvalue weighted by Gasteiger charge is -2.27. The minimum atomic E-state index is 0.344. The van der Waals surface area contributed by atoms with Gasteiger partial charge in [0.1, 0.15) is 17.5 Å². The number of hydrogen-bond donors (Lipinski definition) is 2. The maximum Gasteiger partial charge on any atom is 0.142 e. The van der Waals surface area contributed by atoms with Crippen LogP contribution in [0, 0.1) is 18.3 Å². The van der Waals surface area contributed by atoms with E-state index in [1.807, 2.05) is 14.0 Å². The van der Waals surface area contributed by atoms with Crippen LogP contribution < -0.4 is 11.1 Å². The Labute approximate surface area is 102 Å². The predicted molar refractivity (Wildman–Crippen MR) is 66.5 cm³/mol. The van der Waals surface area contributed by atoms with Gasteiger partial charge in [0.15, 0.2) is 0 Å². The lowest BCUT2D eigenvalue weighted by atomic mass is 9.92. The Hall–Kier alpha value is -1.54. The Morgan fingerprint density at radius 2 is 2.06 bits per heavy atom. The van der Waals surface area contributed by atoms with Gasteiger partial charge in [-0.3, -0.25) is 4.68 Å². The summed E-state index contributed by atoms with van der Waals surface area (Å²) < 4.78 is 1.75. The van der Waals surface area contributed by atoms with Gasteiger partial charge in [0, 0.05) is 19.1 Å². The SMILES string of the molecule is Cc1nn(C)c(NC2CCC(N)CC2)c1C#N. The third-order valence-corrected chi connectivity index (χ3v) is 3.45. The largest absolute Gasteiger partial charge is 0.366 e. The van der Waals surface area contributed by atoms with Crippen molar-refractivity contribution in [3.8, 4) is 6.07 Å². The van der Waals surface area contributed by atoms with Crippen LogP contribution in [0.2, 0.25) is 0 Å². The average molecular weight is 233 g/mol. The normalized spacial score (nSPS) is 24.4. The molecule has 0 unspecified atom stereocenters. The molecular formula is C12H19N5. The van der Waals surface area contributed by atoms with Crippen molar-refractivity contribution in [1.82, 2.24) is 9.78 Å². The number of nitrogens with zero attached hydrogens (tertiary/aromatic N) is 3. The van der Waals surface area contributed by atoms with E-state index in [1.165, 1.54) is 0 Å². The smallest absolute Gasteiger partial charge is 0.142 e. The first-order valence-corrected chi connectivity index (χ1v) is 6.07. The van der Waals surface area contributed by atoms with E-state index in [1.54, 1.807) is 4.68 Å². The van der Waals surface area contributed by atoms with Crippen molar-refractivity contribution in [2.45, 2.75) is 44.7 Å². The molecule has 1 aromatic heterocycles. The minimum Gasteiger partial charge on any atom is -0.366 e. The zero-order valence-electron chi connectivity index (χ0n) is 10.4. The first kappa shape index (κ1) is 11.9. The number of aromatic nitrogens is 2. The molecule has 0 amide bonds. The molecule has 1 heterocycles. The number of hydrogen-bond acceptors (Lipinski definition) is 4. The molecule has 0 radical (unpaired) electrons. The Bertz CT molecular complexity index is 434. The summed E-state index contributed by atoms with van der Waals surface area (Å²) in [6.45, 7) is 1.86. The van der Waals surface area contributed by atoms with E-state index in [9.17, 15) is 0 Å². The van der Waals surface area contributed by atoms with Crippen LogP contribution in [0.3, 0.4) is 0 Å². The Kier molecular flexibility index (Phi) is 3.34. The summed E-state index contributed by atoms with van der Waals surface area (Å²) >= 11 is 0. The molecule has 3 N–H and O–H groups in total. The summed E-state index contributed by atoms with van der Waals surface area (Å²) in [7, 11) is 1.87. The molecule has 1 saturated carbocycles. The first-order chi connectivity index (χ1) is 8.11. The van der Waals surface area contributed by atoms with E-state index in [0.29, 0.717) is 17.6 Å². The lowest BCUT2D eigenvalue weighted by molar-refractivity contribution is 0.409. The number of nitriles is 1. The van der Waals surface area contributed by atoms with Crippen LogP contribution in [0.25, 0.3) is 0 Å². The second-order valence-corrected chi connectivity index (χ2v) is 4.80. The van der Waals surface area contributed by atoms with Crippen molar-refractivity contribution in [3.63, 3.8) is 0 Å². The third-order valence-electron chi connectivity index (χ3n) is 3.45. The maximum absolute atomic E-state index is 9.12. The molecular weight excluding hydrogens is 214 g/mol. The Morgan fingerprint density at radius 1 is 1.41 bits per heavy atom. The number of aryl methyl sites for hydroxylation is 2. The molecule has 0 aromatic carbocycles. The number of rotatable bonds is 2. The van der Waals surface area contributed by atoms with Crippen molar-refractivity contribution in [2.75, 3.05) is 5.32 Å². The number of nitrogens with two attached hydrogens (primary N) is 1. The van der Waals surface area contributed by atoms with Crippen molar-refractivity contribution < 1.29 is 0 Å². The molecule has 0 spiro atoms. The molecule has 92 valence electrons. The average Bonchev–Trinajstić information content (AvgIpc) is 2.57. The highest BCUT2D eigenvalue weighted by molar-refractivity contribution is 5.55. The lowest BCUT2D eigenvalue weighted by Crippen LogP contribution is -2.33. The van der Waals surface area contributed by atoms with Crippen LogP contribution in [-0.4, -0.2) is 21.9 Å². The second kappa shape index (κ2) is 4.76. The van der Waals surface area contributed by atoms with E-state index in [4.69, 9.17) is 11.0 Å². The fraction of sp³-hybridized carbons (Fsp3) is 0.667. The van der Waals surface area contributed by atoms with Gasteiger partial charge >= 0.3 is 0 Å². The van der Waals surface area contributed by atoms with Gasteiger partial charge in [-0.05, 0) is 32.6 Å². The molecule has 1 fully saturated rings. The molecule has 0 saturated heterocycles. The molecule has 1 aliphatic carbocycles. The van der Waals surface area contributed by atoms with Crippen LogP contribution >= 0.6 is 0 Å². The zero-order chi connectivity index (χ0) is 12.4. The number of anilines is 1. The predicted octanol–water partition coefficient (Wildman–Crippen LogP) is 1.28. The van der Waals surface area contributed by atoms with E-state index < -0.39 is 0 Å². The minimum absolute atomic E-state index is 0.344. The molecule has 0 bridgehead atoms. The Balaban J connectivity index is 2.11. The molecule has 17 heavy (non-hydrogen) atoms. The van der Waals surface area contributed by atoms with E-state index in [0.717, 1.165) is 37.2 Å². The highest BCUT2D eigenvalue weighted by Gasteiger charge is 2.21. The van der Waals surface area contributed by atoms with E-state index in [2.05, 4.69) is 16.5 Å². The highest BCUT2D eigenvalue weighted by Crippen LogP contribution is 2.24. The zero-order valence-corrected chi connectivity index (χ0v) is 10.4. The van der Waals surface area contributed by atoms with Gasteiger partial charge in [0.25, 0.3) is 0 Å². The van der Waals surface area contributed by atoms with Crippen LogP contribution in [0.1, 0.15) is 36.9 Å². The summed E-state index contributed by atoms with van der Waals surface area (Å²) in [5.74, 6) is 0.838. The van der Waals surface area contributed by atoms with Gasteiger partial charge in [-0.25, -0.2) is 0 Å². The van der Waals surface area contributed by atoms with Gasteiger partial charge in [-0.2, -0.15) is 10.4 Å². The first-order valence-electron chi connectivity index (χ1n) is 6.07. The van der Waals surface area contributed by atoms with Gasteiger partial charge in [0.2, 0.25) is 0 Å². The monoisotopic (exact) mass is 233 g/mol.